The first kappa shape index (κ1) is 19.6. The standard InChI is InChI=1S/C22H24ClN5O/c23-19-4-5-20-17(15-19)6-9-25-21(20)28-13-11-27(12-14-28)10-2-8-26-22(29)18-3-1-7-24-16-18/h1,3-7,9,15-16H,2,8,10-14H2,(H,26,29). The van der Waals surface area contributed by atoms with Crippen LogP contribution in [0, 0.1) is 0 Å². The van der Waals surface area contributed by atoms with Crippen LogP contribution in [0.25, 0.3) is 10.8 Å². The molecule has 0 radical (unpaired) electrons. The number of amides is 1. The summed E-state index contributed by atoms with van der Waals surface area (Å²) in [5.74, 6) is 0.965. The maximum atomic E-state index is 12.0. The number of hydrogen-bond acceptors (Lipinski definition) is 5. The van der Waals surface area contributed by atoms with Gasteiger partial charge < -0.3 is 10.2 Å². The number of carbonyl (C=O) groups excluding carboxylic acids is 1. The smallest absolute Gasteiger partial charge is 0.252 e. The van der Waals surface area contributed by atoms with Crippen molar-refractivity contribution in [1.29, 1.82) is 0 Å². The van der Waals surface area contributed by atoms with Crippen molar-refractivity contribution in [1.82, 2.24) is 20.2 Å². The van der Waals surface area contributed by atoms with E-state index >= 15 is 0 Å². The van der Waals surface area contributed by atoms with Gasteiger partial charge in [0.2, 0.25) is 0 Å². The summed E-state index contributed by atoms with van der Waals surface area (Å²) in [6, 6.07) is 11.5. The fourth-order valence-electron chi connectivity index (χ4n) is 3.67. The molecule has 0 bridgehead atoms. The Morgan fingerprint density at radius 1 is 1.10 bits per heavy atom. The van der Waals surface area contributed by atoms with Gasteiger partial charge >= 0.3 is 0 Å². The minimum atomic E-state index is -0.0648. The Bertz CT molecular complexity index is 973. The molecular weight excluding hydrogens is 386 g/mol. The van der Waals surface area contributed by atoms with Gasteiger partial charge in [0.05, 0.1) is 5.56 Å². The quantitative estimate of drug-likeness (QED) is 0.633. The Morgan fingerprint density at radius 2 is 1.97 bits per heavy atom. The number of fused-ring (bicyclic) bond motifs is 1. The highest BCUT2D eigenvalue weighted by molar-refractivity contribution is 6.31. The van der Waals surface area contributed by atoms with Crippen molar-refractivity contribution in [3.8, 4) is 0 Å². The number of halogens is 1. The van der Waals surface area contributed by atoms with Gasteiger partial charge in [0, 0.05) is 61.7 Å². The first-order valence-electron chi connectivity index (χ1n) is 9.90. The van der Waals surface area contributed by atoms with Gasteiger partial charge in [-0.1, -0.05) is 11.6 Å². The van der Waals surface area contributed by atoms with E-state index in [1.54, 1.807) is 24.5 Å². The van der Waals surface area contributed by atoms with Crippen molar-refractivity contribution >= 4 is 34.1 Å². The molecule has 4 rings (SSSR count). The number of rotatable bonds is 6. The minimum absolute atomic E-state index is 0.0648. The van der Waals surface area contributed by atoms with Gasteiger partial charge in [-0.15, -0.1) is 0 Å². The number of nitrogens with one attached hydrogen (secondary N) is 1. The highest BCUT2D eigenvalue weighted by Crippen LogP contribution is 2.27. The topological polar surface area (TPSA) is 61.4 Å². The molecule has 0 saturated carbocycles. The molecular formula is C22H24ClN5O. The Hall–Kier alpha value is -2.70. The van der Waals surface area contributed by atoms with Gasteiger partial charge in [0.1, 0.15) is 5.82 Å². The van der Waals surface area contributed by atoms with E-state index in [0.29, 0.717) is 12.1 Å². The van der Waals surface area contributed by atoms with E-state index in [1.807, 2.05) is 24.4 Å². The molecule has 1 fully saturated rings. The molecule has 0 aliphatic carbocycles. The Morgan fingerprint density at radius 3 is 2.76 bits per heavy atom. The average Bonchev–Trinajstić information content (AvgIpc) is 2.77. The molecule has 1 saturated heterocycles. The molecule has 3 aromatic rings. The normalized spacial score (nSPS) is 14.9. The molecule has 1 aliphatic rings. The lowest BCUT2D eigenvalue weighted by Gasteiger charge is -2.35. The summed E-state index contributed by atoms with van der Waals surface area (Å²) in [4.78, 5) is 25.4. The maximum Gasteiger partial charge on any atom is 0.252 e. The van der Waals surface area contributed by atoms with Crippen molar-refractivity contribution in [3.05, 3.63) is 65.6 Å². The zero-order valence-electron chi connectivity index (χ0n) is 16.2. The SMILES string of the molecule is O=C(NCCCN1CCN(c2nccc3cc(Cl)ccc23)CC1)c1cccnc1. The predicted octanol–water partition coefficient (Wildman–Crippen LogP) is 3.23. The van der Waals surface area contributed by atoms with Crippen LogP contribution in [0.5, 0.6) is 0 Å². The zero-order chi connectivity index (χ0) is 20.1. The summed E-state index contributed by atoms with van der Waals surface area (Å²) in [6.07, 6.45) is 6.03. The second-order valence-electron chi connectivity index (χ2n) is 7.18. The van der Waals surface area contributed by atoms with E-state index in [-0.39, 0.29) is 5.91 Å². The number of piperazine rings is 1. The monoisotopic (exact) mass is 409 g/mol. The molecule has 0 unspecified atom stereocenters. The van der Waals surface area contributed by atoms with Gasteiger partial charge in [0.15, 0.2) is 0 Å². The first-order valence-corrected chi connectivity index (χ1v) is 10.3. The Labute approximate surface area is 175 Å². The summed E-state index contributed by atoms with van der Waals surface area (Å²) < 4.78 is 0. The van der Waals surface area contributed by atoms with E-state index in [9.17, 15) is 4.79 Å². The lowest BCUT2D eigenvalue weighted by Crippen LogP contribution is -2.47. The molecule has 7 heteroatoms. The van der Waals surface area contributed by atoms with E-state index in [0.717, 1.165) is 60.8 Å². The van der Waals surface area contributed by atoms with Crippen molar-refractivity contribution in [2.45, 2.75) is 6.42 Å². The van der Waals surface area contributed by atoms with Crippen LogP contribution >= 0.6 is 11.6 Å². The number of hydrogen-bond donors (Lipinski definition) is 1. The van der Waals surface area contributed by atoms with E-state index in [4.69, 9.17) is 11.6 Å². The third-order valence-corrected chi connectivity index (χ3v) is 5.47. The minimum Gasteiger partial charge on any atom is -0.354 e. The number of benzene rings is 1. The molecule has 1 aliphatic heterocycles. The van der Waals surface area contributed by atoms with Crippen molar-refractivity contribution in [2.75, 3.05) is 44.2 Å². The van der Waals surface area contributed by atoms with Crippen LogP contribution < -0.4 is 10.2 Å². The van der Waals surface area contributed by atoms with Gasteiger partial charge in [-0.05, 0) is 54.8 Å². The van der Waals surface area contributed by atoms with Gasteiger partial charge in [-0.2, -0.15) is 0 Å². The molecule has 3 heterocycles. The molecule has 1 amide bonds. The van der Waals surface area contributed by atoms with Gasteiger partial charge in [0.25, 0.3) is 5.91 Å². The van der Waals surface area contributed by atoms with Gasteiger partial charge in [-0.3, -0.25) is 14.7 Å². The lowest BCUT2D eigenvalue weighted by atomic mass is 10.1. The number of nitrogens with zero attached hydrogens (tertiary/aromatic N) is 4. The second-order valence-corrected chi connectivity index (χ2v) is 7.62. The summed E-state index contributed by atoms with van der Waals surface area (Å²) in [6.45, 7) is 5.50. The molecule has 1 N–H and O–H groups in total. The Kier molecular flexibility index (Phi) is 6.22. The van der Waals surface area contributed by atoms with Crippen molar-refractivity contribution < 1.29 is 4.79 Å². The zero-order valence-corrected chi connectivity index (χ0v) is 17.0. The number of aromatic nitrogens is 2. The molecule has 150 valence electrons. The highest BCUT2D eigenvalue weighted by Gasteiger charge is 2.19. The third-order valence-electron chi connectivity index (χ3n) is 5.24. The van der Waals surface area contributed by atoms with Crippen LogP contribution in [0.1, 0.15) is 16.8 Å². The van der Waals surface area contributed by atoms with Crippen LogP contribution in [0.15, 0.2) is 55.0 Å². The fraction of sp³-hybridized carbons (Fsp3) is 0.318. The highest BCUT2D eigenvalue weighted by atomic mass is 35.5. The number of pyridine rings is 2. The lowest BCUT2D eigenvalue weighted by molar-refractivity contribution is 0.0951. The van der Waals surface area contributed by atoms with E-state index in [1.165, 1.54) is 0 Å². The van der Waals surface area contributed by atoms with E-state index < -0.39 is 0 Å². The Balaban J connectivity index is 1.24. The number of anilines is 1. The molecule has 6 nitrogen and oxygen atoms in total. The van der Waals surface area contributed by atoms with Crippen LogP contribution in [0.3, 0.4) is 0 Å². The first-order chi connectivity index (χ1) is 14.2. The summed E-state index contributed by atoms with van der Waals surface area (Å²) in [7, 11) is 0. The van der Waals surface area contributed by atoms with Crippen LogP contribution in [-0.2, 0) is 0 Å². The maximum absolute atomic E-state index is 12.0. The fourth-order valence-corrected chi connectivity index (χ4v) is 3.85. The molecule has 0 spiro atoms. The largest absolute Gasteiger partial charge is 0.354 e. The van der Waals surface area contributed by atoms with Crippen LogP contribution in [0.2, 0.25) is 5.02 Å². The molecule has 0 atom stereocenters. The van der Waals surface area contributed by atoms with Crippen LogP contribution in [0.4, 0.5) is 5.82 Å². The molecule has 1 aromatic carbocycles. The number of carbonyl (C=O) groups is 1. The predicted molar refractivity (Wildman–Crippen MR) is 117 cm³/mol. The summed E-state index contributed by atoms with van der Waals surface area (Å²) in [5, 5.41) is 5.97. The second kappa shape index (κ2) is 9.20. The molecule has 2 aromatic heterocycles. The summed E-state index contributed by atoms with van der Waals surface area (Å²) >= 11 is 6.12. The van der Waals surface area contributed by atoms with Gasteiger partial charge in [-0.25, -0.2) is 4.98 Å². The third kappa shape index (κ3) is 4.83. The average molecular weight is 410 g/mol. The summed E-state index contributed by atoms with van der Waals surface area (Å²) in [5.41, 5.74) is 0.602. The van der Waals surface area contributed by atoms with Crippen molar-refractivity contribution in [3.63, 3.8) is 0 Å². The van der Waals surface area contributed by atoms with E-state index in [2.05, 4.69) is 31.2 Å². The van der Waals surface area contributed by atoms with Crippen molar-refractivity contribution in [2.24, 2.45) is 0 Å². The van der Waals surface area contributed by atoms with Crippen LogP contribution in [-0.4, -0.2) is 60.0 Å². The molecule has 29 heavy (non-hydrogen) atoms.